The van der Waals surface area contributed by atoms with E-state index in [2.05, 4.69) is 62.3 Å². The second kappa shape index (κ2) is 11.4. The van der Waals surface area contributed by atoms with Crippen LogP contribution in [0, 0.1) is 16.2 Å². The van der Waals surface area contributed by atoms with Crippen molar-refractivity contribution in [3.8, 4) is 0 Å². The summed E-state index contributed by atoms with van der Waals surface area (Å²) in [6.45, 7) is 27.2. The summed E-state index contributed by atoms with van der Waals surface area (Å²) in [6, 6.07) is 0. The minimum Gasteiger partial charge on any atom is -0.376 e. The fourth-order valence-corrected chi connectivity index (χ4v) is 1.75. The highest BCUT2D eigenvalue weighted by Gasteiger charge is 2.20. The normalized spacial score (nSPS) is 13.2. The van der Waals surface area contributed by atoms with Gasteiger partial charge in [-0.1, -0.05) is 62.3 Å². The Morgan fingerprint density at radius 2 is 1.15 bits per heavy atom. The maximum Gasteiger partial charge on any atom is 0.163 e. The lowest BCUT2D eigenvalue weighted by Gasteiger charge is -2.23. The first-order valence-electron chi connectivity index (χ1n) is 10.1. The predicted octanol–water partition coefficient (Wildman–Crippen LogP) is 6.68. The van der Waals surface area contributed by atoms with Crippen molar-refractivity contribution in [1.29, 1.82) is 0 Å². The Morgan fingerprint density at radius 1 is 0.692 bits per heavy atom. The lowest BCUT2D eigenvalue weighted by Crippen LogP contribution is -2.25. The van der Waals surface area contributed by atoms with E-state index < -0.39 is 0 Å². The summed E-state index contributed by atoms with van der Waals surface area (Å²) >= 11 is 0. The minimum atomic E-state index is -0.274. The SMILES string of the molecule is CC(C)(C)CCCOCC(=O)C(C)(C)C.CC(C)(C)CCOC(C)(C)C. The average molecular weight is 373 g/mol. The van der Waals surface area contributed by atoms with Crippen molar-refractivity contribution in [3.63, 3.8) is 0 Å². The minimum absolute atomic E-state index is 0.0191. The van der Waals surface area contributed by atoms with E-state index in [0.29, 0.717) is 17.4 Å². The van der Waals surface area contributed by atoms with Gasteiger partial charge in [0.2, 0.25) is 0 Å². The quantitative estimate of drug-likeness (QED) is 0.467. The largest absolute Gasteiger partial charge is 0.376 e. The summed E-state index contributed by atoms with van der Waals surface area (Å²) < 4.78 is 11.0. The highest BCUT2D eigenvalue weighted by Crippen LogP contribution is 2.21. The Bertz CT molecular complexity index is 356. The monoisotopic (exact) mass is 372 g/mol. The molecule has 0 amide bonds. The van der Waals surface area contributed by atoms with Crippen molar-refractivity contribution < 1.29 is 14.3 Å². The van der Waals surface area contributed by atoms with E-state index in [9.17, 15) is 4.79 Å². The van der Waals surface area contributed by atoms with E-state index in [4.69, 9.17) is 9.47 Å². The van der Waals surface area contributed by atoms with Crippen molar-refractivity contribution in [1.82, 2.24) is 0 Å². The number of hydrogen-bond acceptors (Lipinski definition) is 3. The van der Waals surface area contributed by atoms with Gasteiger partial charge in [0.25, 0.3) is 0 Å². The lowest BCUT2D eigenvalue weighted by atomic mass is 9.90. The third-order valence-corrected chi connectivity index (χ3v) is 3.67. The highest BCUT2D eigenvalue weighted by molar-refractivity contribution is 5.84. The molecule has 0 N–H and O–H groups in total. The van der Waals surface area contributed by atoms with E-state index in [0.717, 1.165) is 25.9 Å². The van der Waals surface area contributed by atoms with Gasteiger partial charge < -0.3 is 9.47 Å². The van der Waals surface area contributed by atoms with Gasteiger partial charge >= 0.3 is 0 Å². The van der Waals surface area contributed by atoms with Gasteiger partial charge in [-0.2, -0.15) is 0 Å². The van der Waals surface area contributed by atoms with E-state index >= 15 is 0 Å². The van der Waals surface area contributed by atoms with Crippen LogP contribution in [0.5, 0.6) is 0 Å². The Labute approximate surface area is 164 Å². The molecule has 0 atom stereocenters. The van der Waals surface area contributed by atoms with Gasteiger partial charge in [-0.15, -0.1) is 0 Å². The topological polar surface area (TPSA) is 35.5 Å². The molecule has 0 aromatic carbocycles. The van der Waals surface area contributed by atoms with Crippen molar-refractivity contribution in [2.75, 3.05) is 19.8 Å². The number of rotatable bonds is 7. The summed E-state index contributed by atoms with van der Waals surface area (Å²) in [5.74, 6) is 0.179. The highest BCUT2D eigenvalue weighted by atomic mass is 16.5. The van der Waals surface area contributed by atoms with Crippen LogP contribution in [0.4, 0.5) is 0 Å². The predicted molar refractivity (Wildman–Crippen MR) is 114 cm³/mol. The molecule has 0 aliphatic rings. The van der Waals surface area contributed by atoms with E-state index in [1.165, 1.54) is 0 Å². The van der Waals surface area contributed by atoms with Gasteiger partial charge in [0, 0.05) is 18.6 Å². The van der Waals surface area contributed by atoms with Crippen LogP contribution >= 0.6 is 0 Å². The summed E-state index contributed by atoms with van der Waals surface area (Å²) in [5, 5.41) is 0. The zero-order chi connectivity index (χ0) is 21.2. The molecule has 0 fully saturated rings. The molecular weight excluding hydrogens is 324 g/mol. The van der Waals surface area contributed by atoms with Gasteiger partial charge in [-0.05, 0) is 50.9 Å². The van der Waals surface area contributed by atoms with Crippen LogP contribution in [0.1, 0.15) is 102 Å². The Hall–Kier alpha value is -0.410. The number of ether oxygens (including phenoxy) is 2. The van der Waals surface area contributed by atoms with Gasteiger partial charge in [0.05, 0.1) is 5.60 Å². The van der Waals surface area contributed by atoms with Crippen LogP contribution in [-0.2, 0) is 14.3 Å². The molecule has 0 bridgehead atoms. The maximum absolute atomic E-state index is 11.5. The van der Waals surface area contributed by atoms with Crippen molar-refractivity contribution in [2.24, 2.45) is 16.2 Å². The Kier molecular flexibility index (Phi) is 12.2. The van der Waals surface area contributed by atoms with Crippen LogP contribution in [0.3, 0.4) is 0 Å². The molecule has 0 aromatic heterocycles. The van der Waals surface area contributed by atoms with Crippen molar-refractivity contribution in [3.05, 3.63) is 0 Å². The van der Waals surface area contributed by atoms with Crippen LogP contribution < -0.4 is 0 Å². The molecular formula is C23H48O3. The molecule has 0 unspecified atom stereocenters. The van der Waals surface area contributed by atoms with Crippen LogP contribution in [-0.4, -0.2) is 31.2 Å². The molecule has 26 heavy (non-hydrogen) atoms. The maximum atomic E-state index is 11.5. The zero-order valence-corrected chi connectivity index (χ0v) is 20.0. The van der Waals surface area contributed by atoms with Gasteiger partial charge in [0.1, 0.15) is 6.61 Å². The molecule has 0 heterocycles. The standard InChI is InChI=1S/C13H26O2.C10H22O/c1-12(2,3)8-7-9-15-10-11(14)13(4,5)6;1-9(2,3)7-8-11-10(4,5)6/h7-10H2,1-6H3;7-8H2,1-6H3. The third-order valence-electron chi connectivity index (χ3n) is 3.67. The molecule has 0 rings (SSSR count). The average Bonchev–Trinajstić information content (AvgIpc) is 2.33. The molecule has 0 saturated carbocycles. The first-order valence-corrected chi connectivity index (χ1v) is 10.1. The Balaban J connectivity index is 0. The zero-order valence-electron chi connectivity index (χ0n) is 20.0. The smallest absolute Gasteiger partial charge is 0.163 e. The molecule has 0 radical (unpaired) electrons. The molecule has 158 valence electrons. The second-order valence-corrected chi connectivity index (χ2v) is 11.7. The number of carbonyl (C=O) groups is 1. The molecule has 0 aliphatic carbocycles. The molecule has 0 spiro atoms. The molecule has 3 heteroatoms. The van der Waals surface area contributed by atoms with E-state index in [-0.39, 0.29) is 23.4 Å². The first kappa shape index (κ1) is 27.8. The van der Waals surface area contributed by atoms with Gasteiger partial charge in [-0.25, -0.2) is 0 Å². The van der Waals surface area contributed by atoms with Crippen LogP contribution in [0.15, 0.2) is 0 Å². The number of ketones is 1. The molecule has 3 nitrogen and oxygen atoms in total. The molecule has 0 aliphatic heterocycles. The lowest BCUT2D eigenvalue weighted by molar-refractivity contribution is -0.131. The van der Waals surface area contributed by atoms with Gasteiger partial charge in [0.15, 0.2) is 5.78 Å². The van der Waals surface area contributed by atoms with E-state index in [1.807, 2.05) is 20.8 Å². The third kappa shape index (κ3) is 23.6. The van der Waals surface area contributed by atoms with Crippen LogP contribution in [0.25, 0.3) is 0 Å². The molecule has 0 aromatic rings. The van der Waals surface area contributed by atoms with E-state index in [1.54, 1.807) is 0 Å². The number of carbonyl (C=O) groups excluding carboxylic acids is 1. The Morgan fingerprint density at radius 3 is 1.50 bits per heavy atom. The van der Waals surface area contributed by atoms with Crippen molar-refractivity contribution in [2.45, 2.75) is 108 Å². The first-order chi connectivity index (χ1) is 11.3. The molecule has 0 saturated heterocycles. The van der Waals surface area contributed by atoms with Crippen molar-refractivity contribution >= 4 is 5.78 Å². The van der Waals surface area contributed by atoms with Gasteiger partial charge in [-0.3, -0.25) is 4.79 Å². The summed E-state index contributed by atoms with van der Waals surface area (Å²) in [5.41, 5.74) is 0.498. The summed E-state index contributed by atoms with van der Waals surface area (Å²) in [7, 11) is 0. The number of Topliss-reactive ketones (excluding diaryl/α,β-unsaturated/α-hetero) is 1. The fourth-order valence-electron chi connectivity index (χ4n) is 1.75. The number of hydrogen-bond donors (Lipinski definition) is 0. The second-order valence-electron chi connectivity index (χ2n) is 11.7. The fraction of sp³-hybridized carbons (Fsp3) is 0.957. The van der Waals surface area contributed by atoms with Crippen LogP contribution in [0.2, 0.25) is 0 Å². The summed E-state index contributed by atoms with van der Waals surface area (Å²) in [4.78, 5) is 11.5. The summed E-state index contributed by atoms with van der Waals surface area (Å²) in [6.07, 6.45) is 3.29.